The number of rotatable bonds is 4. The summed E-state index contributed by atoms with van der Waals surface area (Å²) in [6.45, 7) is 3.95. The van der Waals surface area contributed by atoms with Gasteiger partial charge in [-0.3, -0.25) is 0 Å². The second kappa shape index (κ2) is 5.63. The Bertz CT molecular complexity index is 389. The molecule has 0 saturated carbocycles. The van der Waals surface area contributed by atoms with E-state index in [1.807, 2.05) is 24.2 Å². The zero-order valence-corrected chi connectivity index (χ0v) is 11.7. The third-order valence-corrected chi connectivity index (χ3v) is 4.98. The van der Waals surface area contributed by atoms with Crippen molar-refractivity contribution in [3.63, 3.8) is 0 Å². The predicted molar refractivity (Wildman–Crippen MR) is 73.9 cm³/mol. The van der Waals surface area contributed by atoms with Gasteiger partial charge in [0, 0.05) is 43.4 Å². The van der Waals surface area contributed by atoms with E-state index in [1.54, 1.807) is 0 Å². The van der Waals surface area contributed by atoms with E-state index in [9.17, 15) is 0 Å². The number of imidazole rings is 1. The predicted octanol–water partition coefficient (Wildman–Crippen LogP) is 1.83. The molecule has 2 saturated heterocycles. The molecule has 3 heterocycles. The molecule has 0 bridgehead atoms. The minimum Gasteiger partial charge on any atom is -0.369 e. The molecule has 3 rings (SSSR count). The summed E-state index contributed by atoms with van der Waals surface area (Å²) in [6, 6.07) is 1.09. The Morgan fingerprint density at radius 2 is 2.50 bits per heavy atom. The smallest absolute Gasteiger partial charge is 0.139 e. The summed E-state index contributed by atoms with van der Waals surface area (Å²) in [7, 11) is 0. The van der Waals surface area contributed by atoms with Gasteiger partial charge in [-0.05, 0) is 25.5 Å². The van der Waals surface area contributed by atoms with Crippen LogP contribution in [0, 0.1) is 0 Å². The maximum absolute atomic E-state index is 5.91. The van der Waals surface area contributed by atoms with Crippen molar-refractivity contribution in [3.05, 3.63) is 18.2 Å². The number of nitrogens with one attached hydrogen (secondary N) is 1. The number of thioether (sulfide) groups is 1. The Hall–Kier alpha value is -0.520. The van der Waals surface area contributed by atoms with Crippen molar-refractivity contribution in [2.24, 2.45) is 0 Å². The standard InChI is InChI=1S/C13H21N3OS/c1-2-16-6-5-14-13(16)12-11(3-7-17-12)15-10-4-8-18-9-10/h5-6,10-12,15H,2-4,7-9H2,1H3/t10-,11+,12+/m1/s1. The molecule has 0 aromatic carbocycles. The van der Waals surface area contributed by atoms with Crippen LogP contribution in [-0.4, -0.2) is 39.7 Å². The molecule has 1 aromatic rings. The molecule has 2 aliphatic rings. The highest BCUT2D eigenvalue weighted by Crippen LogP contribution is 2.30. The lowest BCUT2D eigenvalue weighted by molar-refractivity contribution is 0.0871. The van der Waals surface area contributed by atoms with Gasteiger partial charge in [0.05, 0.1) is 0 Å². The molecule has 0 spiro atoms. The van der Waals surface area contributed by atoms with Gasteiger partial charge < -0.3 is 14.6 Å². The van der Waals surface area contributed by atoms with E-state index < -0.39 is 0 Å². The molecule has 100 valence electrons. The maximum atomic E-state index is 5.91. The van der Waals surface area contributed by atoms with Crippen molar-refractivity contribution in [2.45, 2.75) is 44.5 Å². The van der Waals surface area contributed by atoms with Crippen LogP contribution in [0.25, 0.3) is 0 Å². The van der Waals surface area contributed by atoms with E-state index in [0.717, 1.165) is 25.4 Å². The van der Waals surface area contributed by atoms with Gasteiger partial charge >= 0.3 is 0 Å². The highest BCUT2D eigenvalue weighted by molar-refractivity contribution is 7.99. The molecule has 0 aliphatic carbocycles. The van der Waals surface area contributed by atoms with Gasteiger partial charge in [-0.2, -0.15) is 11.8 Å². The van der Waals surface area contributed by atoms with Gasteiger partial charge in [-0.1, -0.05) is 0 Å². The van der Waals surface area contributed by atoms with Crippen molar-refractivity contribution in [3.8, 4) is 0 Å². The average molecular weight is 267 g/mol. The maximum Gasteiger partial charge on any atom is 0.139 e. The van der Waals surface area contributed by atoms with Gasteiger partial charge in [-0.25, -0.2) is 4.98 Å². The lowest BCUT2D eigenvalue weighted by Crippen LogP contribution is -2.40. The first-order chi connectivity index (χ1) is 8.88. The number of aryl methyl sites for hydroxylation is 1. The molecule has 0 radical (unpaired) electrons. The zero-order valence-electron chi connectivity index (χ0n) is 10.8. The Labute approximate surface area is 112 Å². The monoisotopic (exact) mass is 267 g/mol. The lowest BCUT2D eigenvalue weighted by atomic mass is 10.1. The largest absolute Gasteiger partial charge is 0.369 e. The van der Waals surface area contributed by atoms with Crippen molar-refractivity contribution < 1.29 is 4.74 Å². The van der Waals surface area contributed by atoms with Crippen molar-refractivity contribution in [2.75, 3.05) is 18.1 Å². The van der Waals surface area contributed by atoms with E-state index in [2.05, 4.69) is 21.8 Å². The zero-order chi connectivity index (χ0) is 12.4. The molecule has 2 fully saturated rings. The second-order valence-corrected chi connectivity index (χ2v) is 6.14. The van der Waals surface area contributed by atoms with Crippen LogP contribution in [0.1, 0.15) is 31.7 Å². The third-order valence-electron chi connectivity index (χ3n) is 3.81. The fraction of sp³-hybridized carbons (Fsp3) is 0.769. The first-order valence-electron chi connectivity index (χ1n) is 6.85. The molecule has 0 unspecified atom stereocenters. The SMILES string of the molecule is CCn1ccnc1[C@H]1OCC[C@@H]1N[C@@H]1CCSC1. The molecule has 3 atom stereocenters. The summed E-state index contributed by atoms with van der Waals surface area (Å²) in [4.78, 5) is 4.49. The summed E-state index contributed by atoms with van der Waals surface area (Å²) in [6.07, 6.45) is 6.44. The van der Waals surface area contributed by atoms with Crippen LogP contribution >= 0.6 is 11.8 Å². The van der Waals surface area contributed by atoms with Gasteiger partial charge in [0.25, 0.3) is 0 Å². The Morgan fingerprint density at radius 3 is 3.28 bits per heavy atom. The lowest BCUT2D eigenvalue weighted by Gasteiger charge is -2.23. The van der Waals surface area contributed by atoms with Crippen LogP contribution in [0.4, 0.5) is 0 Å². The Morgan fingerprint density at radius 1 is 1.56 bits per heavy atom. The molecule has 0 amide bonds. The van der Waals surface area contributed by atoms with Crippen molar-refractivity contribution in [1.29, 1.82) is 0 Å². The van der Waals surface area contributed by atoms with E-state index in [-0.39, 0.29) is 6.10 Å². The summed E-state index contributed by atoms with van der Waals surface area (Å²) in [5.74, 6) is 3.61. The summed E-state index contributed by atoms with van der Waals surface area (Å²) in [5.41, 5.74) is 0. The normalized spacial score (nSPS) is 32.2. The quantitative estimate of drug-likeness (QED) is 0.903. The van der Waals surface area contributed by atoms with Crippen LogP contribution in [0.5, 0.6) is 0 Å². The van der Waals surface area contributed by atoms with E-state index in [0.29, 0.717) is 12.1 Å². The minimum absolute atomic E-state index is 0.130. The van der Waals surface area contributed by atoms with Crippen molar-refractivity contribution >= 4 is 11.8 Å². The molecular formula is C13H21N3OS. The molecule has 18 heavy (non-hydrogen) atoms. The van der Waals surface area contributed by atoms with Crippen LogP contribution < -0.4 is 5.32 Å². The topological polar surface area (TPSA) is 39.1 Å². The first-order valence-corrected chi connectivity index (χ1v) is 8.00. The van der Waals surface area contributed by atoms with Crippen LogP contribution in [-0.2, 0) is 11.3 Å². The number of aromatic nitrogens is 2. The van der Waals surface area contributed by atoms with Crippen molar-refractivity contribution in [1.82, 2.24) is 14.9 Å². The summed E-state index contributed by atoms with van der Waals surface area (Å²) >= 11 is 2.05. The highest BCUT2D eigenvalue weighted by atomic mass is 32.2. The molecule has 1 aromatic heterocycles. The third kappa shape index (κ3) is 2.44. The molecular weight excluding hydrogens is 246 g/mol. The first kappa shape index (κ1) is 12.5. The van der Waals surface area contributed by atoms with E-state index in [1.165, 1.54) is 17.9 Å². The van der Waals surface area contributed by atoms with Gasteiger partial charge in [0.15, 0.2) is 0 Å². The highest BCUT2D eigenvalue weighted by Gasteiger charge is 2.34. The fourth-order valence-corrected chi connectivity index (χ4v) is 3.99. The molecule has 4 nitrogen and oxygen atoms in total. The van der Waals surface area contributed by atoms with Crippen LogP contribution in [0.15, 0.2) is 12.4 Å². The Balaban J connectivity index is 1.70. The summed E-state index contributed by atoms with van der Waals surface area (Å²) < 4.78 is 8.10. The number of hydrogen-bond donors (Lipinski definition) is 1. The number of nitrogens with zero attached hydrogens (tertiary/aromatic N) is 2. The van der Waals surface area contributed by atoms with E-state index in [4.69, 9.17) is 4.74 Å². The van der Waals surface area contributed by atoms with Gasteiger partial charge in [0.2, 0.25) is 0 Å². The number of hydrogen-bond acceptors (Lipinski definition) is 4. The number of ether oxygens (including phenoxy) is 1. The van der Waals surface area contributed by atoms with Crippen LogP contribution in [0.3, 0.4) is 0 Å². The van der Waals surface area contributed by atoms with Crippen LogP contribution in [0.2, 0.25) is 0 Å². The Kier molecular flexibility index (Phi) is 3.91. The second-order valence-electron chi connectivity index (χ2n) is 4.99. The fourth-order valence-electron chi connectivity index (χ4n) is 2.83. The molecule has 1 N–H and O–H groups in total. The molecule has 2 aliphatic heterocycles. The van der Waals surface area contributed by atoms with E-state index >= 15 is 0 Å². The molecule has 5 heteroatoms. The summed E-state index contributed by atoms with van der Waals surface area (Å²) in [5, 5.41) is 3.77. The minimum atomic E-state index is 0.130. The average Bonchev–Trinajstić information content (AvgIpc) is 3.09. The van der Waals surface area contributed by atoms with Gasteiger partial charge in [-0.15, -0.1) is 0 Å². The van der Waals surface area contributed by atoms with Gasteiger partial charge in [0.1, 0.15) is 11.9 Å².